The lowest BCUT2D eigenvalue weighted by molar-refractivity contribution is -0.143. The fourth-order valence-electron chi connectivity index (χ4n) is 12.1. The van der Waals surface area contributed by atoms with E-state index in [2.05, 4.69) is 43.5 Å². The summed E-state index contributed by atoms with van der Waals surface area (Å²) < 4.78 is 5.50. The zero-order valence-electron chi connectivity index (χ0n) is 56.9. The minimum atomic E-state index is -0.843. The van der Waals surface area contributed by atoms with Crippen LogP contribution in [0.4, 0.5) is 0 Å². The Hall–Kier alpha value is -1.92. The third kappa shape index (κ3) is 69.2. The van der Waals surface area contributed by atoms with Gasteiger partial charge in [0.05, 0.1) is 25.4 Å². The lowest BCUT2D eigenvalue weighted by atomic mass is 10.0. The van der Waals surface area contributed by atoms with Crippen molar-refractivity contribution >= 4 is 11.9 Å². The number of ether oxygens (including phenoxy) is 1. The molecule has 3 N–H and O–H groups in total. The number of nitrogens with one attached hydrogen (secondary N) is 1. The number of rotatable bonds is 72. The van der Waals surface area contributed by atoms with Crippen LogP contribution in [0.2, 0.25) is 0 Å². The van der Waals surface area contributed by atoms with Crippen molar-refractivity contribution in [3.8, 4) is 0 Å². The lowest BCUT2D eigenvalue weighted by Gasteiger charge is -2.20. The van der Waals surface area contributed by atoms with E-state index in [1.807, 2.05) is 6.08 Å². The van der Waals surface area contributed by atoms with Gasteiger partial charge in [-0.15, -0.1) is 0 Å². The van der Waals surface area contributed by atoms with Gasteiger partial charge in [0.15, 0.2) is 0 Å². The predicted molar refractivity (Wildman–Crippen MR) is 370 cm³/mol. The van der Waals surface area contributed by atoms with E-state index >= 15 is 0 Å². The number of allylic oxidation sites excluding steroid dienone is 5. The molecule has 2 atom stereocenters. The van der Waals surface area contributed by atoms with Crippen molar-refractivity contribution in [2.24, 2.45) is 0 Å². The monoisotopic (exact) mass is 1180 g/mol. The van der Waals surface area contributed by atoms with E-state index < -0.39 is 12.1 Å². The van der Waals surface area contributed by atoms with Crippen molar-refractivity contribution in [3.05, 3.63) is 36.5 Å². The number of amides is 1. The average Bonchev–Trinajstić information content (AvgIpc) is 3.51. The van der Waals surface area contributed by atoms with E-state index in [1.165, 1.54) is 347 Å². The van der Waals surface area contributed by atoms with Gasteiger partial charge in [0, 0.05) is 12.8 Å². The summed E-state index contributed by atoms with van der Waals surface area (Å²) in [5.74, 6) is -0.0530. The Labute approximate surface area is 525 Å². The number of aliphatic hydroxyl groups is 2. The summed E-state index contributed by atoms with van der Waals surface area (Å²) in [5, 5.41) is 23.3. The first-order valence-corrected chi connectivity index (χ1v) is 38.3. The van der Waals surface area contributed by atoms with Crippen molar-refractivity contribution in [2.75, 3.05) is 13.2 Å². The Morgan fingerprint density at radius 1 is 0.333 bits per heavy atom. The molecule has 0 aromatic heterocycles. The fourth-order valence-corrected chi connectivity index (χ4v) is 12.1. The van der Waals surface area contributed by atoms with Gasteiger partial charge in [-0.2, -0.15) is 0 Å². The zero-order valence-corrected chi connectivity index (χ0v) is 56.9. The first-order chi connectivity index (χ1) is 41.5. The molecular weight excluding hydrogens is 1030 g/mol. The maximum absolute atomic E-state index is 12.5. The molecule has 0 aromatic rings. The van der Waals surface area contributed by atoms with Crippen LogP contribution in [0.1, 0.15) is 425 Å². The third-order valence-electron chi connectivity index (χ3n) is 17.9. The van der Waals surface area contributed by atoms with E-state index in [0.29, 0.717) is 19.4 Å². The van der Waals surface area contributed by atoms with Gasteiger partial charge >= 0.3 is 5.97 Å². The number of carbonyl (C=O) groups is 2. The highest BCUT2D eigenvalue weighted by molar-refractivity contribution is 5.76. The molecule has 0 aliphatic carbocycles. The Kier molecular flexibility index (Phi) is 71.9. The van der Waals surface area contributed by atoms with Crippen molar-refractivity contribution in [1.82, 2.24) is 5.32 Å². The van der Waals surface area contributed by atoms with Crippen LogP contribution in [0.15, 0.2) is 36.5 Å². The molecule has 84 heavy (non-hydrogen) atoms. The molecule has 6 heteroatoms. The van der Waals surface area contributed by atoms with Gasteiger partial charge in [0.1, 0.15) is 0 Å². The smallest absolute Gasteiger partial charge is 0.305 e. The summed E-state index contributed by atoms with van der Waals surface area (Å²) in [7, 11) is 0. The van der Waals surface area contributed by atoms with E-state index in [-0.39, 0.29) is 18.5 Å². The lowest BCUT2D eigenvalue weighted by Crippen LogP contribution is -2.45. The average molecular weight is 1180 g/mol. The van der Waals surface area contributed by atoms with E-state index in [1.54, 1.807) is 6.08 Å². The highest BCUT2D eigenvalue weighted by Crippen LogP contribution is 2.19. The summed E-state index contributed by atoms with van der Waals surface area (Å²) >= 11 is 0. The molecule has 0 heterocycles. The number of carbonyl (C=O) groups excluding carboxylic acids is 2. The molecule has 2 unspecified atom stereocenters. The molecule has 496 valence electrons. The molecule has 0 fully saturated rings. The van der Waals surface area contributed by atoms with E-state index in [0.717, 1.165) is 51.4 Å². The molecule has 0 bridgehead atoms. The van der Waals surface area contributed by atoms with Gasteiger partial charge in [-0.3, -0.25) is 9.59 Å². The van der Waals surface area contributed by atoms with Crippen molar-refractivity contribution in [3.63, 3.8) is 0 Å². The maximum Gasteiger partial charge on any atom is 0.305 e. The fraction of sp³-hybridized carbons (Fsp3) is 0.897. The minimum Gasteiger partial charge on any atom is -0.466 e. The van der Waals surface area contributed by atoms with Crippen LogP contribution in [-0.2, 0) is 14.3 Å². The Morgan fingerprint density at radius 2 is 0.595 bits per heavy atom. The largest absolute Gasteiger partial charge is 0.466 e. The molecule has 6 nitrogen and oxygen atoms in total. The second-order valence-corrected chi connectivity index (χ2v) is 26.3. The number of unbranched alkanes of at least 4 members (excludes halogenated alkanes) is 57. The molecule has 0 aliphatic heterocycles. The van der Waals surface area contributed by atoms with Gasteiger partial charge in [0.2, 0.25) is 5.91 Å². The summed E-state index contributed by atoms with van der Waals surface area (Å²) in [6.07, 6.45) is 95.4. The standard InChI is InChI=1S/C78H149NO5/c1-3-5-7-9-11-13-15-17-19-21-22-33-36-39-42-46-50-54-58-62-66-70-76(81)75(74-80)79-77(82)71-67-63-59-55-51-47-43-40-37-34-31-29-27-25-23-24-26-28-30-32-35-38-41-45-49-53-57-61-65-69-73-84-78(83)72-68-64-60-56-52-48-44-20-18-16-14-12-10-8-6-4-2/h14,16,20,44,66,70,75-76,80-81H,3-13,15,17-19,21-43,45-65,67-69,71-74H2,1-2H3,(H,79,82)/b16-14-,44-20-,70-66+. The summed E-state index contributed by atoms with van der Waals surface area (Å²) in [5.41, 5.74) is 0. The molecule has 0 aliphatic rings. The minimum absolute atomic E-state index is 0.00692. The first-order valence-electron chi connectivity index (χ1n) is 38.3. The Balaban J connectivity index is 3.36. The van der Waals surface area contributed by atoms with Crippen LogP contribution in [0.5, 0.6) is 0 Å². The molecule has 0 rings (SSSR count). The zero-order chi connectivity index (χ0) is 60.6. The van der Waals surface area contributed by atoms with Crippen molar-refractivity contribution in [1.29, 1.82) is 0 Å². The molecule has 0 saturated heterocycles. The van der Waals surface area contributed by atoms with Crippen molar-refractivity contribution < 1.29 is 24.5 Å². The van der Waals surface area contributed by atoms with Gasteiger partial charge < -0.3 is 20.3 Å². The highest BCUT2D eigenvalue weighted by Gasteiger charge is 2.18. The second-order valence-electron chi connectivity index (χ2n) is 26.3. The van der Waals surface area contributed by atoms with Gasteiger partial charge in [-0.25, -0.2) is 0 Å². The molecular formula is C78H149NO5. The van der Waals surface area contributed by atoms with Crippen molar-refractivity contribution in [2.45, 2.75) is 437 Å². The Bertz CT molecular complexity index is 1360. The van der Waals surface area contributed by atoms with Crippen LogP contribution in [0.25, 0.3) is 0 Å². The van der Waals surface area contributed by atoms with Crippen LogP contribution in [0, 0.1) is 0 Å². The number of hydrogen-bond acceptors (Lipinski definition) is 5. The second kappa shape index (κ2) is 73.5. The molecule has 0 radical (unpaired) electrons. The topological polar surface area (TPSA) is 95.9 Å². The first kappa shape index (κ1) is 82.1. The molecule has 1 amide bonds. The van der Waals surface area contributed by atoms with E-state index in [9.17, 15) is 19.8 Å². The number of hydrogen-bond donors (Lipinski definition) is 3. The van der Waals surface area contributed by atoms with Crippen LogP contribution >= 0.6 is 0 Å². The van der Waals surface area contributed by atoms with Crippen LogP contribution in [0.3, 0.4) is 0 Å². The molecule has 0 saturated carbocycles. The van der Waals surface area contributed by atoms with Crippen LogP contribution < -0.4 is 5.32 Å². The molecule has 0 aromatic carbocycles. The Morgan fingerprint density at radius 3 is 0.917 bits per heavy atom. The highest BCUT2D eigenvalue weighted by atomic mass is 16.5. The number of esters is 1. The number of aliphatic hydroxyl groups excluding tert-OH is 2. The summed E-state index contributed by atoms with van der Waals surface area (Å²) in [6, 6.07) is -0.626. The summed E-state index contributed by atoms with van der Waals surface area (Å²) in [4.78, 5) is 24.6. The quantitative estimate of drug-likeness (QED) is 0.0320. The van der Waals surface area contributed by atoms with E-state index in [4.69, 9.17) is 4.74 Å². The van der Waals surface area contributed by atoms with Gasteiger partial charge in [-0.1, -0.05) is 384 Å². The molecule has 0 spiro atoms. The normalized spacial score (nSPS) is 12.7. The third-order valence-corrected chi connectivity index (χ3v) is 17.9. The SMILES string of the molecule is CCCCCC/C=C\C/C=C\CCCCCCCC(=O)OCCCCCCCCCCCCCCCCCCCCCCCCCCCCCCCCC(=O)NC(CO)C(O)/C=C/CCCCCCCCCCCCCCCCCCCCC. The maximum atomic E-state index is 12.5. The predicted octanol–water partition coefficient (Wildman–Crippen LogP) is 25.0. The van der Waals surface area contributed by atoms with Gasteiger partial charge in [0.25, 0.3) is 0 Å². The van der Waals surface area contributed by atoms with Gasteiger partial charge in [-0.05, 0) is 64.2 Å². The van der Waals surface area contributed by atoms with Crippen LogP contribution in [-0.4, -0.2) is 47.4 Å². The summed E-state index contributed by atoms with van der Waals surface area (Å²) in [6.45, 7) is 4.92.